The van der Waals surface area contributed by atoms with Crippen LogP contribution in [0.5, 0.6) is 5.75 Å². The Bertz CT molecular complexity index is 510. The van der Waals surface area contributed by atoms with Crippen LogP contribution in [-0.4, -0.2) is 42.9 Å². The Kier molecular flexibility index (Phi) is 8.68. The minimum atomic E-state index is -0.618. The van der Waals surface area contributed by atoms with Crippen molar-refractivity contribution in [3.8, 4) is 5.75 Å². The molecule has 1 saturated carbocycles. The monoisotopic (exact) mass is 433 g/mol. The van der Waals surface area contributed by atoms with Crippen molar-refractivity contribution in [1.29, 1.82) is 0 Å². The Balaban J connectivity index is 0.00000264. The Morgan fingerprint density at radius 3 is 2.83 bits per heavy atom. The fourth-order valence-corrected chi connectivity index (χ4v) is 2.17. The first kappa shape index (κ1) is 20.0. The molecule has 2 rings (SSSR count). The van der Waals surface area contributed by atoms with Gasteiger partial charge in [0.05, 0.1) is 6.54 Å². The predicted molar refractivity (Wildman–Crippen MR) is 105 cm³/mol. The minimum Gasteiger partial charge on any atom is -0.491 e. The van der Waals surface area contributed by atoms with Crippen molar-refractivity contribution in [2.24, 2.45) is 10.9 Å². The molecule has 3 N–H and O–H groups in total. The van der Waals surface area contributed by atoms with E-state index >= 15 is 0 Å². The molecule has 0 spiro atoms. The number of guanidine groups is 1. The van der Waals surface area contributed by atoms with Crippen molar-refractivity contribution >= 4 is 29.9 Å². The molecule has 1 fully saturated rings. The normalized spacial score (nSPS) is 21.1. The van der Waals surface area contributed by atoms with Crippen molar-refractivity contribution in [1.82, 2.24) is 10.6 Å². The zero-order valence-electron chi connectivity index (χ0n) is 14.1. The molecular weight excluding hydrogens is 405 g/mol. The lowest BCUT2D eigenvalue weighted by atomic mass is 10.2. The molecular formula is C17H28IN3O2. The maximum atomic E-state index is 10.0. The number of aliphatic hydroxyl groups is 1. The van der Waals surface area contributed by atoms with Crippen LogP contribution >= 0.6 is 24.0 Å². The third-order valence-corrected chi connectivity index (χ3v) is 3.67. The Hall–Kier alpha value is -1.02. The lowest BCUT2D eigenvalue weighted by Gasteiger charge is -2.14. The van der Waals surface area contributed by atoms with Gasteiger partial charge in [-0.3, -0.25) is 4.99 Å². The van der Waals surface area contributed by atoms with Crippen molar-refractivity contribution in [2.75, 3.05) is 19.7 Å². The van der Waals surface area contributed by atoms with Crippen LogP contribution in [0.2, 0.25) is 0 Å². The lowest BCUT2D eigenvalue weighted by Crippen LogP contribution is -2.40. The molecule has 5 nitrogen and oxygen atoms in total. The first-order chi connectivity index (χ1) is 10.6. The summed E-state index contributed by atoms with van der Waals surface area (Å²) in [4.78, 5) is 4.42. The lowest BCUT2D eigenvalue weighted by molar-refractivity contribution is 0.114. The van der Waals surface area contributed by atoms with Gasteiger partial charge in [-0.2, -0.15) is 0 Å². The van der Waals surface area contributed by atoms with E-state index in [9.17, 15) is 5.11 Å². The zero-order valence-corrected chi connectivity index (χ0v) is 16.4. The van der Waals surface area contributed by atoms with E-state index in [1.165, 1.54) is 6.42 Å². The molecule has 1 aromatic rings. The fraction of sp³-hybridized carbons (Fsp3) is 0.588. The number of hydrogen-bond donors (Lipinski definition) is 3. The molecule has 0 heterocycles. The summed E-state index contributed by atoms with van der Waals surface area (Å²) in [5.74, 6) is 2.25. The largest absolute Gasteiger partial charge is 0.491 e. The third kappa shape index (κ3) is 7.39. The summed E-state index contributed by atoms with van der Waals surface area (Å²) in [6.45, 7) is 7.63. The van der Waals surface area contributed by atoms with Gasteiger partial charge in [0.25, 0.3) is 0 Å². The molecule has 0 aliphatic heterocycles. The van der Waals surface area contributed by atoms with E-state index in [1.807, 2.05) is 38.1 Å². The van der Waals surface area contributed by atoms with Gasteiger partial charge in [-0.25, -0.2) is 0 Å². The number of halogens is 1. The summed E-state index contributed by atoms with van der Waals surface area (Å²) >= 11 is 0. The Labute approximate surface area is 155 Å². The van der Waals surface area contributed by atoms with E-state index in [-0.39, 0.29) is 30.6 Å². The van der Waals surface area contributed by atoms with Gasteiger partial charge in [0.15, 0.2) is 5.96 Å². The predicted octanol–water partition coefficient (Wildman–Crippen LogP) is 2.32. The second-order valence-corrected chi connectivity index (χ2v) is 5.96. The fourth-order valence-electron chi connectivity index (χ4n) is 2.17. The van der Waals surface area contributed by atoms with Crippen molar-refractivity contribution < 1.29 is 9.84 Å². The SMILES string of the molecule is CCNC(=NCC(O)COc1cccc(C)c1)NC1CC1C.I. The molecule has 1 aromatic carbocycles. The quantitative estimate of drug-likeness (QED) is 0.351. The molecule has 0 radical (unpaired) electrons. The topological polar surface area (TPSA) is 65.9 Å². The van der Waals surface area contributed by atoms with Crippen LogP contribution < -0.4 is 15.4 Å². The van der Waals surface area contributed by atoms with Crippen molar-refractivity contribution in [2.45, 2.75) is 39.3 Å². The third-order valence-electron chi connectivity index (χ3n) is 3.67. The molecule has 0 amide bonds. The van der Waals surface area contributed by atoms with Gasteiger partial charge in [0.1, 0.15) is 18.5 Å². The molecule has 0 aromatic heterocycles. The second kappa shape index (κ2) is 9.97. The molecule has 6 heteroatoms. The average Bonchev–Trinajstić information content (AvgIpc) is 3.18. The number of aliphatic hydroxyl groups excluding tert-OH is 1. The number of nitrogens with one attached hydrogen (secondary N) is 2. The van der Waals surface area contributed by atoms with E-state index in [4.69, 9.17) is 4.74 Å². The second-order valence-electron chi connectivity index (χ2n) is 5.96. The van der Waals surface area contributed by atoms with Gasteiger partial charge in [-0.1, -0.05) is 19.1 Å². The van der Waals surface area contributed by atoms with Crippen LogP contribution in [0.1, 0.15) is 25.8 Å². The van der Waals surface area contributed by atoms with Crippen LogP contribution in [0.3, 0.4) is 0 Å². The molecule has 23 heavy (non-hydrogen) atoms. The van der Waals surface area contributed by atoms with Crippen molar-refractivity contribution in [3.05, 3.63) is 29.8 Å². The highest BCUT2D eigenvalue weighted by Gasteiger charge is 2.33. The summed E-state index contributed by atoms with van der Waals surface area (Å²) in [6.07, 6.45) is 0.566. The first-order valence-corrected chi connectivity index (χ1v) is 8.01. The van der Waals surface area contributed by atoms with Gasteiger partial charge >= 0.3 is 0 Å². The molecule has 3 atom stereocenters. The summed E-state index contributed by atoms with van der Waals surface area (Å²) < 4.78 is 5.59. The Morgan fingerprint density at radius 2 is 2.22 bits per heavy atom. The summed E-state index contributed by atoms with van der Waals surface area (Å²) in [5.41, 5.74) is 1.14. The van der Waals surface area contributed by atoms with Crippen molar-refractivity contribution in [3.63, 3.8) is 0 Å². The van der Waals surface area contributed by atoms with Crippen LogP contribution in [0.15, 0.2) is 29.3 Å². The van der Waals surface area contributed by atoms with Crippen LogP contribution in [0.25, 0.3) is 0 Å². The number of rotatable bonds is 7. The molecule has 130 valence electrons. The average molecular weight is 433 g/mol. The van der Waals surface area contributed by atoms with Gasteiger partial charge in [0.2, 0.25) is 0 Å². The minimum absolute atomic E-state index is 0. The highest BCUT2D eigenvalue weighted by atomic mass is 127. The van der Waals surface area contributed by atoms with Gasteiger partial charge in [-0.15, -0.1) is 24.0 Å². The molecule has 0 saturated heterocycles. The van der Waals surface area contributed by atoms with Crippen LogP contribution in [0.4, 0.5) is 0 Å². The van der Waals surface area contributed by atoms with Gasteiger partial charge in [-0.05, 0) is 43.9 Å². The molecule has 1 aliphatic rings. The summed E-state index contributed by atoms with van der Waals surface area (Å²) in [5, 5.41) is 16.6. The highest BCUT2D eigenvalue weighted by molar-refractivity contribution is 14.0. The van der Waals surface area contributed by atoms with E-state index in [2.05, 4.69) is 22.5 Å². The van der Waals surface area contributed by atoms with Gasteiger partial charge in [0, 0.05) is 12.6 Å². The van der Waals surface area contributed by atoms with Gasteiger partial charge < -0.3 is 20.5 Å². The summed E-state index contributed by atoms with van der Waals surface area (Å²) in [6, 6.07) is 8.32. The molecule has 1 aliphatic carbocycles. The van der Waals surface area contributed by atoms with E-state index in [0.717, 1.165) is 23.8 Å². The number of hydrogen-bond acceptors (Lipinski definition) is 3. The smallest absolute Gasteiger partial charge is 0.191 e. The Morgan fingerprint density at radius 1 is 1.48 bits per heavy atom. The summed E-state index contributed by atoms with van der Waals surface area (Å²) in [7, 11) is 0. The molecule has 0 bridgehead atoms. The van der Waals surface area contributed by atoms with E-state index < -0.39 is 6.10 Å². The highest BCUT2D eigenvalue weighted by Crippen LogP contribution is 2.28. The maximum absolute atomic E-state index is 10.0. The number of ether oxygens (including phenoxy) is 1. The number of benzene rings is 1. The zero-order chi connectivity index (χ0) is 15.9. The maximum Gasteiger partial charge on any atom is 0.191 e. The van der Waals surface area contributed by atoms with Crippen LogP contribution in [-0.2, 0) is 0 Å². The number of aliphatic imine (C=N–C) groups is 1. The number of aryl methyl sites for hydroxylation is 1. The van der Waals surface area contributed by atoms with E-state index in [1.54, 1.807) is 0 Å². The van der Waals surface area contributed by atoms with E-state index in [0.29, 0.717) is 18.5 Å². The van der Waals surface area contributed by atoms with Crippen LogP contribution in [0, 0.1) is 12.8 Å². The first-order valence-electron chi connectivity index (χ1n) is 8.01. The number of nitrogens with zero attached hydrogens (tertiary/aromatic N) is 1. The molecule has 3 unspecified atom stereocenters. The standard InChI is InChI=1S/C17H27N3O2.HI/c1-4-18-17(20-16-9-13(16)3)19-10-14(21)11-22-15-7-5-6-12(2)8-15;/h5-8,13-14,16,21H,4,9-11H2,1-3H3,(H2,18,19,20);1H.